The topological polar surface area (TPSA) is 55.3 Å². The predicted molar refractivity (Wildman–Crippen MR) is 79.0 cm³/mol. The quantitative estimate of drug-likeness (QED) is 0.849. The lowest BCUT2D eigenvalue weighted by molar-refractivity contribution is -0.144. The number of amides is 1. The summed E-state index contributed by atoms with van der Waals surface area (Å²) in [7, 11) is 1.73. The minimum Gasteiger partial charge on any atom is -0.378 e. The number of aromatic nitrogens is 2. The van der Waals surface area contributed by atoms with E-state index in [1.807, 2.05) is 11.8 Å². The third kappa shape index (κ3) is 2.79. The Morgan fingerprint density at radius 1 is 1.33 bits per heavy atom. The first-order valence-corrected chi connectivity index (χ1v) is 7.76. The van der Waals surface area contributed by atoms with Crippen LogP contribution in [0.1, 0.15) is 42.6 Å². The Bertz CT molecular complexity index is 535. The van der Waals surface area contributed by atoms with Crippen LogP contribution in [0.5, 0.6) is 0 Å². The molecule has 2 heterocycles. The van der Waals surface area contributed by atoms with E-state index in [9.17, 15) is 4.79 Å². The summed E-state index contributed by atoms with van der Waals surface area (Å²) in [5, 5.41) is 0. The molecule has 0 N–H and O–H groups in total. The van der Waals surface area contributed by atoms with E-state index in [0.29, 0.717) is 6.42 Å². The molecule has 0 spiro atoms. The van der Waals surface area contributed by atoms with E-state index in [2.05, 4.69) is 9.97 Å². The monoisotopic (exact) mass is 289 g/mol. The van der Waals surface area contributed by atoms with Crippen molar-refractivity contribution in [2.75, 3.05) is 20.2 Å². The first-order valence-electron chi connectivity index (χ1n) is 7.76. The van der Waals surface area contributed by atoms with Gasteiger partial charge < -0.3 is 9.64 Å². The highest BCUT2D eigenvalue weighted by Crippen LogP contribution is 2.38. The zero-order chi connectivity index (χ0) is 14.9. The number of fused-ring (bicyclic) bond motifs is 1. The average molecular weight is 289 g/mol. The van der Waals surface area contributed by atoms with Gasteiger partial charge in [0, 0.05) is 38.0 Å². The van der Waals surface area contributed by atoms with Crippen molar-refractivity contribution in [2.45, 2.75) is 51.0 Å². The van der Waals surface area contributed by atoms with Gasteiger partial charge in [-0.25, -0.2) is 9.97 Å². The smallest absolute Gasteiger partial charge is 0.225 e. The Labute approximate surface area is 125 Å². The van der Waals surface area contributed by atoms with Crippen molar-refractivity contribution >= 4 is 5.91 Å². The third-order valence-corrected chi connectivity index (χ3v) is 5.02. The van der Waals surface area contributed by atoms with Crippen molar-refractivity contribution in [3.8, 4) is 0 Å². The standard InChI is InChI=1S/C16H23N3O2/c1-12-13-4-8-19(9-5-14(13)18-11-17-12)15(20)10-16(21-2)6-3-7-16/h11H,3-10H2,1-2H3. The fraction of sp³-hybridized carbons (Fsp3) is 0.688. The maximum Gasteiger partial charge on any atom is 0.225 e. The van der Waals surface area contributed by atoms with Crippen molar-refractivity contribution in [1.29, 1.82) is 0 Å². The van der Waals surface area contributed by atoms with Crippen LogP contribution in [0.15, 0.2) is 6.33 Å². The summed E-state index contributed by atoms with van der Waals surface area (Å²) in [6, 6.07) is 0. The molecular formula is C16H23N3O2. The summed E-state index contributed by atoms with van der Waals surface area (Å²) in [6.07, 6.45) is 7.01. The van der Waals surface area contributed by atoms with Gasteiger partial charge in [0.2, 0.25) is 5.91 Å². The van der Waals surface area contributed by atoms with Crippen molar-refractivity contribution in [3.05, 3.63) is 23.3 Å². The second-order valence-electron chi connectivity index (χ2n) is 6.18. The molecule has 21 heavy (non-hydrogen) atoms. The summed E-state index contributed by atoms with van der Waals surface area (Å²) >= 11 is 0. The lowest BCUT2D eigenvalue weighted by Gasteiger charge is -2.41. The second kappa shape index (κ2) is 5.72. The minimum atomic E-state index is -0.189. The van der Waals surface area contributed by atoms with Gasteiger partial charge in [0.05, 0.1) is 12.0 Å². The summed E-state index contributed by atoms with van der Waals surface area (Å²) in [4.78, 5) is 23.2. The molecule has 1 aliphatic heterocycles. The van der Waals surface area contributed by atoms with Gasteiger partial charge in [-0.05, 0) is 38.2 Å². The van der Waals surface area contributed by atoms with Gasteiger partial charge in [0.1, 0.15) is 6.33 Å². The normalized spacial score (nSPS) is 20.4. The Morgan fingerprint density at radius 3 is 2.76 bits per heavy atom. The Kier molecular flexibility index (Phi) is 3.93. The van der Waals surface area contributed by atoms with Crippen LogP contribution in [0.2, 0.25) is 0 Å². The number of nitrogens with zero attached hydrogens (tertiary/aromatic N) is 3. The van der Waals surface area contributed by atoms with Crippen LogP contribution in [0.4, 0.5) is 0 Å². The van der Waals surface area contributed by atoms with E-state index < -0.39 is 0 Å². The lowest BCUT2D eigenvalue weighted by atomic mass is 9.77. The number of hydrogen-bond donors (Lipinski definition) is 0. The summed E-state index contributed by atoms with van der Waals surface area (Å²) in [5.41, 5.74) is 3.17. The summed E-state index contributed by atoms with van der Waals surface area (Å²) in [6.45, 7) is 3.54. The summed E-state index contributed by atoms with van der Waals surface area (Å²) in [5.74, 6) is 0.218. The van der Waals surface area contributed by atoms with Crippen molar-refractivity contribution in [1.82, 2.24) is 14.9 Å². The van der Waals surface area contributed by atoms with Crippen LogP contribution < -0.4 is 0 Å². The second-order valence-corrected chi connectivity index (χ2v) is 6.18. The molecule has 3 rings (SSSR count). The van der Waals surface area contributed by atoms with Gasteiger partial charge in [-0.2, -0.15) is 0 Å². The molecule has 0 aromatic carbocycles. The largest absolute Gasteiger partial charge is 0.378 e. The highest BCUT2D eigenvalue weighted by Gasteiger charge is 2.40. The zero-order valence-electron chi connectivity index (χ0n) is 12.9. The Hall–Kier alpha value is -1.49. The molecule has 0 radical (unpaired) electrons. The van der Waals surface area contributed by atoms with Crippen LogP contribution in [-0.4, -0.2) is 46.6 Å². The Balaban J connectivity index is 1.66. The molecular weight excluding hydrogens is 266 g/mol. The van der Waals surface area contributed by atoms with Crippen LogP contribution >= 0.6 is 0 Å². The van der Waals surface area contributed by atoms with Crippen molar-refractivity contribution in [2.24, 2.45) is 0 Å². The number of ether oxygens (including phenoxy) is 1. The molecule has 0 atom stereocenters. The van der Waals surface area contributed by atoms with Crippen LogP contribution in [0.25, 0.3) is 0 Å². The summed E-state index contributed by atoms with van der Waals surface area (Å²) < 4.78 is 5.58. The fourth-order valence-electron chi connectivity index (χ4n) is 3.35. The van der Waals surface area contributed by atoms with Crippen LogP contribution in [-0.2, 0) is 22.4 Å². The molecule has 5 heteroatoms. The molecule has 2 aliphatic rings. The van der Waals surface area contributed by atoms with Gasteiger partial charge in [-0.3, -0.25) is 4.79 Å². The Morgan fingerprint density at radius 2 is 2.10 bits per heavy atom. The molecule has 1 saturated carbocycles. The number of carbonyl (C=O) groups excluding carboxylic acids is 1. The number of carbonyl (C=O) groups is 1. The first-order chi connectivity index (χ1) is 10.1. The van der Waals surface area contributed by atoms with Gasteiger partial charge in [0.25, 0.3) is 0 Å². The number of methoxy groups -OCH3 is 1. The van der Waals surface area contributed by atoms with E-state index in [1.54, 1.807) is 13.4 Å². The first kappa shape index (κ1) is 14.4. The van der Waals surface area contributed by atoms with Crippen molar-refractivity contribution in [3.63, 3.8) is 0 Å². The minimum absolute atomic E-state index is 0.189. The molecule has 5 nitrogen and oxygen atoms in total. The molecule has 0 unspecified atom stereocenters. The van der Waals surface area contributed by atoms with Gasteiger partial charge >= 0.3 is 0 Å². The molecule has 1 aromatic heterocycles. The predicted octanol–water partition coefficient (Wildman–Crippen LogP) is 1.67. The molecule has 1 fully saturated rings. The number of aryl methyl sites for hydroxylation is 1. The van der Waals surface area contributed by atoms with Gasteiger partial charge in [-0.1, -0.05) is 0 Å². The average Bonchev–Trinajstić information content (AvgIpc) is 2.66. The molecule has 1 amide bonds. The molecule has 0 bridgehead atoms. The van der Waals surface area contributed by atoms with E-state index in [1.165, 1.54) is 12.0 Å². The van der Waals surface area contributed by atoms with E-state index in [-0.39, 0.29) is 11.5 Å². The van der Waals surface area contributed by atoms with Crippen LogP contribution in [0, 0.1) is 6.92 Å². The maximum absolute atomic E-state index is 12.6. The zero-order valence-corrected chi connectivity index (χ0v) is 12.9. The van der Waals surface area contributed by atoms with Gasteiger partial charge in [-0.15, -0.1) is 0 Å². The van der Waals surface area contributed by atoms with E-state index in [4.69, 9.17) is 4.74 Å². The SMILES string of the molecule is COC1(CC(=O)N2CCc3ncnc(C)c3CC2)CCC1. The molecule has 1 aromatic rings. The highest BCUT2D eigenvalue weighted by molar-refractivity contribution is 5.77. The van der Waals surface area contributed by atoms with Crippen molar-refractivity contribution < 1.29 is 9.53 Å². The van der Waals surface area contributed by atoms with E-state index >= 15 is 0 Å². The fourth-order valence-corrected chi connectivity index (χ4v) is 3.35. The number of rotatable bonds is 3. The third-order valence-electron chi connectivity index (χ3n) is 5.02. The van der Waals surface area contributed by atoms with Crippen LogP contribution in [0.3, 0.4) is 0 Å². The van der Waals surface area contributed by atoms with E-state index in [0.717, 1.165) is 50.2 Å². The molecule has 1 aliphatic carbocycles. The van der Waals surface area contributed by atoms with Gasteiger partial charge in [0.15, 0.2) is 0 Å². The number of hydrogen-bond acceptors (Lipinski definition) is 4. The highest BCUT2D eigenvalue weighted by atomic mass is 16.5. The molecule has 114 valence electrons. The lowest BCUT2D eigenvalue weighted by Crippen LogP contribution is -2.45. The molecule has 0 saturated heterocycles. The maximum atomic E-state index is 12.6.